The van der Waals surface area contributed by atoms with Crippen molar-refractivity contribution in [3.8, 4) is 0 Å². The summed E-state index contributed by atoms with van der Waals surface area (Å²) in [6, 6.07) is 14.9. The molecular formula is C35H38N6O7. The number of aliphatic hydroxyl groups excluding tert-OH is 1. The van der Waals surface area contributed by atoms with E-state index in [0.717, 1.165) is 5.52 Å². The first-order valence-electron chi connectivity index (χ1n) is 16.4. The van der Waals surface area contributed by atoms with Gasteiger partial charge in [-0.1, -0.05) is 72.0 Å². The molecule has 2 aromatic carbocycles. The number of aliphatic hydroxyl groups is 1. The fourth-order valence-electron chi connectivity index (χ4n) is 7.51. The summed E-state index contributed by atoms with van der Waals surface area (Å²) >= 11 is 0. The van der Waals surface area contributed by atoms with Gasteiger partial charge >= 0.3 is 5.97 Å². The summed E-state index contributed by atoms with van der Waals surface area (Å²) < 4.78 is 14.3. The second-order valence-electron chi connectivity index (χ2n) is 12.7. The van der Waals surface area contributed by atoms with E-state index in [0.29, 0.717) is 17.5 Å². The molecule has 3 amide bonds. The standard InChI is InChI=1S/C35H38N6O7/c1-22-30(23-11-4-2-5-12-23)47-34(46)28-26-16-17-35(48-26)29(28)32(44)40(19-10-20-42)31(35)33(45)39(18-9-3-6-15-27(43)36-22)21-41-25-14-8-7-13-24(25)37-38-41/h2-5,7-9,11-14,16-17,22,26,28-31,42H,6,10,15,18-21H2,1H3,(H,36,43)/b9-3-/t22-,26+,28-,29-,30+,31+,35-/m0/s1. The topological polar surface area (TPSA) is 156 Å². The zero-order chi connectivity index (χ0) is 33.4. The quantitative estimate of drug-likeness (QED) is 0.299. The Labute approximate surface area is 277 Å². The summed E-state index contributed by atoms with van der Waals surface area (Å²) in [6.07, 6.45) is 6.37. The highest BCUT2D eigenvalue weighted by atomic mass is 16.6. The number of likely N-dealkylation sites (tertiary alicyclic amines) is 1. The maximum Gasteiger partial charge on any atom is 0.313 e. The maximum atomic E-state index is 14.8. The Hall–Kier alpha value is -4.88. The average Bonchev–Trinajstić information content (AvgIpc) is 3.84. The Bertz CT molecular complexity index is 1770. The molecule has 5 heterocycles. The van der Waals surface area contributed by atoms with Crippen molar-refractivity contribution in [1.29, 1.82) is 0 Å². The average molecular weight is 655 g/mol. The van der Waals surface area contributed by atoms with Crippen molar-refractivity contribution >= 4 is 34.7 Å². The molecule has 4 aliphatic heterocycles. The van der Waals surface area contributed by atoms with Crippen LogP contribution in [0.5, 0.6) is 0 Å². The molecular weight excluding hydrogens is 616 g/mol. The minimum atomic E-state index is -1.42. The number of carbonyl (C=O) groups excluding carboxylic acids is 4. The number of allylic oxidation sites excluding steroid dienone is 1. The van der Waals surface area contributed by atoms with Crippen LogP contribution < -0.4 is 5.32 Å². The molecule has 13 nitrogen and oxygen atoms in total. The van der Waals surface area contributed by atoms with Crippen molar-refractivity contribution < 1.29 is 33.8 Å². The van der Waals surface area contributed by atoms with Crippen LogP contribution in [0.4, 0.5) is 0 Å². The number of para-hydroxylation sites is 1. The molecule has 1 aromatic heterocycles. The van der Waals surface area contributed by atoms with E-state index in [9.17, 15) is 24.3 Å². The summed E-state index contributed by atoms with van der Waals surface area (Å²) in [6.45, 7) is 1.87. The second kappa shape index (κ2) is 13.0. The predicted octanol–water partition coefficient (Wildman–Crippen LogP) is 1.89. The minimum absolute atomic E-state index is 0.0261. The number of nitrogens with zero attached hydrogens (tertiary/aromatic N) is 5. The van der Waals surface area contributed by atoms with Crippen LogP contribution in [-0.2, 0) is 35.3 Å². The van der Waals surface area contributed by atoms with E-state index < -0.39 is 59.5 Å². The fraction of sp³-hybridized carbons (Fsp3) is 0.429. The zero-order valence-corrected chi connectivity index (χ0v) is 26.6. The van der Waals surface area contributed by atoms with Crippen LogP contribution in [0.25, 0.3) is 11.0 Å². The van der Waals surface area contributed by atoms with Crippen molar-refractivity contribution in [3.05, 3.63) is 84.5 Å². The normalized spacial score (nSPS) is 31.3. The molecule has 3 aromatic rings. The van der Waals surface area contributed by atoms with Gasteiger partial charge in [-0.2, -0.15) is 0 Å². The van der Waals surface area contributed by atoms with Crippen molar-refractivity contribution in [2.24, 2.45) is 11.8 Å². The molecule has 0 aliphatic carbocycles. The molecule has 0 unspecified atom stereocenters. The van der Waals surface area contributed by atoms with Gasteiger partial charge in [-0.05, 0) is 37.5 Å². The fourth-order valence-corrected chi connectivity index (χ4v) is 7.51. The lowest BCUT2D eigenvalue weighted by atomic mass is 9.74. The van der Waals surface area contributed by atoms with Gasteiger partial charge in [0.05, 0.1) is 23.6 Å². The molecule has 4 aliphatic rings. The number of nitrogens with one attached hydrogen (secondary N) is 1. The monoisotopic (exact) mass is 654 g/mol. The van der Waals surface area contributed by atoms with E-state index in [1.54, 1.807) is 28.7 Å². The number of fused-ring (bicyclic) bond motifs is 3. The molecule has 0 saturated carbocycles. The van der Waals surface area contributed by atoms with Gasteiger partial charge in [0, 0.05) is 26.1 Å². The van der Waals surface area contributed by atoms with Crippen LogP contribution in [0.2, 0.25) is 0 Å². The first-order chi connectivity index (χ1) is 23.3. The van der Waals surface area contributed by atoms with Gasteiger partial charge in [-0.3, -0.25) is 19.2 Å². The number of benzene rings is 2. The van der Waals surface area contributed by atoms with E-state index in [2.05, 4.69) is 15.6 Å². The third kappa shape index (κ3) is 5.46. The molecule has 13 heteroatoms. The van der Waals surface area contributed by atoms with Crippen molar-refractivity contribution in [2.45, 2.75) is 62.7 Å². The van der Waals surface area contributed by atoms with Gasteiger partial charge in [0.15, 0.2) is 0 Å². The van der Waals surface area contributed by atoms with Crippen LogP contribution in [0, 0.1) is 11.8 Å². The number of carbonyl (C=O) groups is 4. The van der Waals surface area contributed by atoms with Crippen LogP contribution in [0.15, 0.2) is 78.9 Å². The summed E-state index contributed by atoms with van der Waals surface area (Å²) in [5.74, 6) is -3.70. The Morgan fingerprint density at radius 1 is 1.02 bits per heavy atom. The maximum absolute atomic E-state index is 14.8. The molecule has 7 atom stereocenters. The molecule has 5 bridgehead atoms. The lowest BCUT2D eigenvalue weighted by molar-refractivity contribution is -0.161. The first kappa shape index (κ1) is 31.7. The van der Waals surface area contributed by atoms with Gasteiger partial charge < -0.3 is 29.7 Å². The van der Waals surface area contributed by atoms with Gasteiger partial charge in [0.2, 0.25) is 11.8 Å². The Balaban J connectivity index is 1.29. The van der Waals surface area contributed by atoms with Crippen LogP contribution >= 0.6 is 0 Å². The summed E-state index contributed by atoms with van der Waals surface area (Å²) in [4.78, 5) is 59.3. The van der Waals surface area contributed by atoms with Crippen LogP contribution in [-0.4, -0.2) is 97.1 Å². The zero-order valence-electron chi connectivity index (χ0n) is 26.6. The van der Waals surface area contributed by atoms with Gasteiger partial charge in [-0.15, -0.1) is 5.10 Å². The number of esters is 1. The Morgan fingerprint density at radius 3 is 2.62 bits per heavy atom. The lowest BCUT2D eigenvalue weighted by Gasteiger charge is -2.35. The SMILES string of the molecule is C[C@@H]1NC(=O)CC/C=C\CN(Cn2nnc3ccccc32)C(=O)[C@H]2N(CCCO)C(=O)[C@@H]3[C@@H](C(=O)O[C@H]1c1ccccc1)[C@H]1C=C[C@]32O1. The molecule has 250 valence electrons. The van der Waals surface area contributed by atoms with Gasteiger partial charge in [-0.25, -0.2) is 4.68 Å². The van der Waals surface area contributed by atoms with E-state index in [1.807, 2.05) is 66.7 Å². The van der Waals surface area contributed by atoms with Crippen molar-refractivity contribution in [1.82, 2.24) is 30.1 Å². The molecule has 0 radical (unpaired) electrons. The van der Waals surface area contributed by atoms with Crippen molar-refractivity contribution in [2.75, 3.05) is 19.7 Å². The minimum Gasteiger partial charge on any atom is -0.455 e. The molecule has 1 spiro atoms. The molecule has 2 N–H and O–H groups in total. The Morgan fingerprint density at radius 2 is 1.81 bits per heavy atom. The van der Waals surface area contributed by atoms with E-state index in [1.165, 1.54) is 4.90 Å². The highest BCUT2D eigenvalue weighted by molar-refractivity contribution is 5.99. The number of ether oxygens (including phenoxy) is 2. The van der Waals surface area contributed by atoms with Crippen molar-refractivity contribution in [3.63, 3.8) is 0 Å². The van der Waals surface area contributed by atoms with Gasteiger partial charge in [0.25, 0.3) is 5.91 Å². The van der Waals surface area contributed by atoms with E-state index in [-0.39, 0.29) is 45.1 Å². The van der Waals surface area contributed by atoms with E-state index in [4.69, 9.17) is 9.47 Å². The molecule has 48 heavy (non-hydrogen) atoms. The second-order valence-corrected chi connectivity index (χ2v) is 12.7. The third-order valence-electron chi connectivity index (χ3n) is 9.72. The Kier molecular flexibility index (Phi) is 8.56. The van der Waals surface area contributed by atoms with Crippen LogP contribution in [0.3, 0.4) is 0 Å². The highest BCUT2D eigenvalue weighted by Crippen LogP contribution is 2.56. The van der Waals surface area contributed by atoms with E-state index >= 15 is 0 Å². The summed E-state index contributed by atoms with van der Waals surface area (Å²) in [7, 11) is 0. The highest BCUT2D eigenvalue weighted by Gasteiger charge is 2.73. The first-order valence-corrected chi connectivity index (χ1v) is 16.4. The lowest BCUT2D eigenvalue weighted by Crippen LogP contribution is -2.56. The summed E-state index contributed by atoms with van der Waals surface area (Å²) in [5, 5.41) is 21.2. The number of hydrogen-bond donors (Lipinski definition) is 2. The summed E-state index contributed by atoms with van der Waals surface area (Å²) in [5.41, 5.74) is 0.673. The third-order valence-corrected chi connectivity index (χ3v) is 9.72. The predicted molar refractivity (Wildman–Crippen MR) is 171 cm³/mol. The number of aromatic nitrogens is 3. The largest absolute Gasteiger partial charge is 0.455 e. The number of hydrogen-bond acceptors (Lipinski definition) is 9. The smallest absolute Gasteiger partial charge is 0.313 e. The van der Waals surface area contributed by atoms with Crippen LogP contribution in [0.1, 0.15) is 37.9 Å². The number of cyclic esters (lactones) is 1. The molecule has 7 rings (SSSR count). The molecule has 2 fully saturated rings. The molecule has 2 saturated heterocycles. The number of amides is 3. The van der Waals surface area contributed by atoms with Gasteiger partial charge in [0.1, 0.15) is 35.9 Å². The number of rotatable bonds is 6.